The first-order chi connectivity index (χ1) is 12.8. The van der Waals surface area contributed by atoms with Crippen LogP contribution in [0.2, 0.25) is 10.0 Å². The smallest absolute Gasteiger partial charge is 0.325 e. The summed E-state index contributed by atoms with van der Waals surface area (Å²) in [6, 6.07) is 9.98. The fourth-order valence-electron chi connectivity index (χ4n) is 2.54. The molecule has 0 amide bonds. The SMILES string of the molecule is CC(C)n1c(=O)nc(Nc2cccc(Cl)c2)n(Cc2ccc(Cl)cn2)c1=O. The third kappa shape index (κ3) is 4.37. The summed E-state index contributed by atoms with van der Waals surface area (Å²) in [4.78, 5) is 33.6. The van der Waals surface area contributed by atoms with Crippen LogP contribution in [-0.2, 0) is 6.54 Å². The van der Waals surface area contributed by atoms with Crippen LogP contribution in [-0.4, -0.2) is 19.1 Å². The number of pyridine rings is 1. The summed E-state index contributed by atoms with van der Waals surface area (Å²) in [5.74, 6) is 0.112. The summed E-state index contributed by atoms with van der Waals surface area (Å²) < 4.78 is 2.46. The second-order valence-electron chi connectivity index (χ2n) is 6.15. The van der Waals surface area contributed by atoms with Crippen molar-refractivity contribution >= 4 is 34.8 Å². The zero-order valence-corrected chi connectivity index (χ0v) is 16.2. The highest BCUT2D eigenvalue weighted by Gasteiger charge is 2.16. The number of nitrogens with zero attached hydrogens (tertiary/aromatic N) is 4. The Morgan fingerprint density at radius 2 is 1.89 bits per heavy atom. The fraction of sp³-hybridized carbons (Fsp3) is 0.222. The third-order valence-electron chi connectivity index (χ3n) is 3.81. The van der Waals surface area contributed by atoms with E-state index in [1.165, 1.54) is 10.8 Å². The minimum Gasteiger partial charge on any atom is -0.325 e. The van der Waals surface area contributed by atoms with Crippen molar-refractivity contribution in [3.05, 3.63) is 79.3 Å². The van der Waals surface area contributed by atoms with Crippen molar-refractivity contribution in [2.45, 2.75) is 26.4 Å². The second kappa shape index (κ2) is 7.94. The summed E-state index contributed by atoms with van der Waals surface area (Å²) in [6.45, 7) is 3.62. The Morgan fingerprint density at radius 1 is 1.11 bits per heavy atom. The van der Waals surface area contributed by atoms with E-state index in [-0.39, 0.29) is 18.5 Å². The predicted molar refractivity (Wildman–Crippen MR) is 106 cm³/mol. The van der Waals surface area contributed by atoms with Crippen molar-refractivity contribution in [3.8, 4) is 0 Å². The molecule has 9 heteroatoms. The van der Waals surface area contributed by atoms with Crippen LogP contribution < -0.4 is 16.7 Å². The number of halogens is 2. The molecule has 0 spiro atoms. The molecule has 140 valence electrons. The Balaban J connectivity index is 2.11. The molecule has 0 saturated heterocycles. The van der Waals surface area contributed by atoms with Gasteiger partial charge in [-0.2, -0.15) is 4.98 Å². The van der Waals surface area contributed by atoms with Crippen molar-refractivity contribution < 1.29 is 0 Å². The Bertz CT molecular complexity index is 1070. The average molecular weight is 406 g/mol. The van der Waals surface area contributed by atoms with Gasteiger partial charge in [-0.1, -0.05) is 29.3 Å². The molecule has 0 aliphatic carbocycles. The van der Waals surface area contributed by atoms with Gasteiger partial charge in [0, 0.05) is 22.9 Å². The van der Waals surface area contributed by atoms with Crippen molar-refractivity contribution in [3.63, 3.8) is 0 Å². The monoisotopic (exact) mass is 405 g/mol. The number of benzene rings is 1. The van der Waals surface area contributed by atoms with Gasteiger partial charge in [-0.3, -0.25) is 9.55 Å². The van der Waals surface area contributed by atoms with E-state index >= 15 is 0 Å². The summed E-state index contributed by atoms with van der Waals surface area (Å²) in [5.41, 5.74) is 0.103. The van der Waals surface area contributed by atoms with Gasteiger partial charge in [0.2, 0.25) is 5.95 Å². The lowest BCUT2D eigenvalue weighted by Crippen LogP contribution is -2.43. The summed E-state index contributed by atoms with van der Waals surface area (Å²) in [6.07, 6.45) is 1.50. The zero-order valence-electron chi connectivity index (χ0n) is 14.7. The maximum atomic E-state index is 12.9. The molecule has 0 radical (unpaired) electrons. The standard InChI is InChI=1S/C18H17Cl2N5O2/c1-11(2)25-17(26)23-16(22-14-5-3-4-12(19)8-14)24(18(25)27)10-15-7-6-13(20)9-21-15/h3-9,11H,10H2,1-2H3,(H,22,23,26). The first kappa shape index (κ1) is 19.1. The zero-order chi connectivity index (χ0) is 19.6. The predicted octanol–water partition coefficient (Wildman–Crippen LogP) is 3.48. The van der Waals surface area contributed by atoms with E-state index < -0.39 is 11.4 Å². The molecule has 3 aromatic rings. The molecule has 0 fully saturated rings. The van der Waals surface area contributed by atoms with Gasteiger partial charge < -0.3 is 5.32 Å². The van der Waals surface area contributed by atoms with Crippen LogP contribution in [0.15, 0.2) is 52.2 Å². The molecular formula is C18H17Cl2N5O2. The van der Waals surface area contributed by atoms with Gasteiger partial charge in [-0.15, -0.1) is 0 Å². The molecule has 7 nitrogen and oxygen atoms in total. The van der Waals surface area contributed by atoms with Crippen LogP contribution in [0.4, 0.5) is 11.6 Å². The van der Waals surface area contributed by atoms with Gasteiger partial charge in [-0.25, -0.2) is 14.2 Å². The molecule has 27 heavy (non-hydrogen) atoms. The van der Waals surface area contributed by atoms with E-state index in [9.17, 15) is 9.59 Å². The Morgan fingerprint density at radius 3 is 2.52 bits per heavy atom. The summed E-state index contributed by atoms with van der Waals surface area (Å²) in [5, 5.41) is 4.00. The van der Waals surface area contributed by atoms with Gasteiger partial charge in [0.15, 0.2) is 0 Å². The van der Waals surface area contributed by atoms with Gasteiger partial charge in [-0.05, 0) is 44.2 Å². The normalized spacial score (nSPS) is 11.0. The van der Waals surface area contributed by atoms with E-state index in [1.807, 2.05) is 0 Å². The minimum atomic E-state index is -0.625. The van der Waals surface area contributed by atoms with Crippen LogP contribution in [0.1, 0.15) is 25.6 Å². The molecule has 0 saturated carbocycles. The van der Waals surface area contributed by atoms with Crippen LogP contribution in [0.25, 0.3) is 0 Å². The number of rotatable bonds is 5. The molecule has 0 aliphatic heterocycles. The summed E-state index contributed by atoms with van der Waals surface area (Å²) >= 11 is 11.9. The molecular weight excluding hydrogens is 389 g/mol. The molecule has 3 rings (SSSR count). The van der Waals surface area contributed by atoms with E-state index in [4.69, 9.17) is 23.2 Å². The topological polar surface area (TPSA) is 81.8 Å². The lowest BCUT2D eigenvalue weighted by molar-refractivity contribution is 0.495. The lowest BCUT2D eigenvalue weighted by atomic mass is 10.3. The maximum absolute atomic E-state index is 12.9. The van der Waals surface area contributed by atoms with Crippen LogP contribution in [0.5, 0.6) is 0 Å². The molecule has 0 atom stereocenters. The highest BCUT2D eigenvalue weighted by atomic mass is 35.5. The van der Waals surface area contributed by atoms with E-state index in [0.29, 0.717) is 21.4 Å². The molecule has 2 aromatic heterocycles. The number of hydrogen-bond acceptors (Lipinski definition) is 5. The number of aromatic nitrogens is 4. The molecule has 1 aromatic carbocycles. The molecule has 1 N–H and O–H groups in total. The van der Waals surface area contributed by atoms with E-state index in [0.717, 1.165) is 4.57 Å². The second-order valence-corrected chi connectivity index (χ2v) is 7.03. The fourth-order valence-corrected chi connectivity index (χ4v) is 2.85. The average Bonchev–Trinajstić information content (AvgIpc) is 2.59. The van der Waals surface area contributed by atoms with Gasteiger partial charge in [0.25, 0.3) is 0 Å². The number of anilines is 2. The van der Waals surface area contributed by atoms with Crippen molar-refractivity contribution in [1.82, 2.24) is 19.1 Å². The quantitative estimate of drug-likeness (QED) is 0.702. The van der Waals surface area contributed by atoms with Crippen LogP contribution in [0.3, 0.4) is 0 Å². The maximum Gasteiger partial charge on any atom is 0.355 e. The Labute approximate surface area is 165 Å². The highest BCUT2D eigenvalue weighted by molar-refractivity contribution is 6.31. The van der Waals surface area contributed by atoms with Crippen molar-refractivity contribution in [1.29, 1.82) is 0 Å². The molecule has 0 unspecified atom stereocenters. The van der Waals surface area contributed by atoms with Crippen molar-refractivity contribution in [2.75, 3.05) is 5.32 Å². The Hall–Kier alpha value is -2.64. The number of hydrogen-bond donors (Lipinski definition) is 1. The molecule has 2 heterocycles. The van der Waals surface area contributed by atoms with Gasteiger partial charge >= 0.3 is 11.4 Å². The van der Waals surface area contributed by atoms with Crippen LogP contribution in [0, 0.1) is 0 Å². The largest absolute Gasteiger partial charge is 0.355 e. The van der Waals surface area contributed by atoms with E-state index in [1.54, 1.807) is 50.2 Å². The summed E-state index contributed by atoms with van der Waals surface area (Å²) in [7, 11) is 0. The highest BCUT2D eigenvalue weighted by Crippen LogP contribution is 2.18. The van der Waals surface area contributed by atoms with E-state index in [2.05, 4.69) is 15.3 Å². The third-order valence-corrected chi connectivity index (χ3v) is 4.26. The Kier molecular flexibility index (Phi) is 5.62. The van der Waals surface area contributed by atoms with Gasteiger partial charge in [0.1, 0.15) is 0 Å². The lowest BCUT2D eigenvalue weighted by Gasteiger charge is -2.17. The van der Waals surface area contributed by atoms with Crippen molar-refractivity contribution in [2.24, 2.45) is 0 Å². The molecule has 0 bridgehead atoms. The number of nitrogens with one attached hydrogen (secondary N) is 1. The van der Waals surface area contributed by atoms with Gasteiger partial charge in [0.05, 0.1) is 17.3 Å². The van der Waals surface area contributed by atoms with Crippen LogP contribution >= 0.6 is 23.2 Å². The first-order valence-electron chi connectivity index (χ1n) is 8.21. The first-order valence-corrected chi connectivity index (χ1v) is 8.97. The minimum absolute atomic E-state index is 0.112. The molecule has 0 aliphatic rings.